The minimum atomic E-state index is -3.82. The molecule has 0 spiro atoms. The minimum absolute atomic E-state index is 0.147. The number of nitrogens with one attached hydrogen (secondary N) is 2. The van der Waals surface area contributed by atoms with Crippen molar-refractivity contribution in [2.45, 2.75) is 55.5 Å². The molecule has 1 heterocycles. The fraction of sp³-hybridized carbons (Fsp3) is 0.600. The molecule has 160 valence electrons. The normalized spacial score (nSPS) is 22.7. The summed E-state index contributed by atoms with van der Waals surface area (Å²) in [5.41, 5.74) is 5.54. The van der Waals surface area contributed by atoms with E-state index >= 15 is 0 Å². The lowest BCUT2D eigenvalue weighted by Crippen LogP contribution is -2.61. The lowest BCUT2D eigenvalue weighted by molar-refractivity contribution is -0.130. The van der Waals surface area contributed by atoms with Crippen LogP contribution in [0, 0.1) is 5.92 Å². The van der Waals surface area contributed by atoms with Crippen molar-refractivity contribution in [1.29, 1.82) is 0 Å². The monoisotopic (exact) mass is 422 g/mol. The summed E-state index contributed by atoms with van der Waals surface area (Å²) in [6.07, 6.45) is 6.01. The molecule has 1 aliphatic heterocycles. The average Bonchev–Trinajstić information content (AvgIpc) is 2.74. The lowest BCUT2D eigenvalue weighted by Gasteiger charge is -2.35. The molecule has 0 aromatic heterocycles. The van der Waals surface area contributed by atoms with Crippen molar-refractivity contribution >= 4 is 21.8 Å². The van der Waals surface area contributed by atoms with Crippen molar-refractivity contribution in [2.24, 2.45) is 11.7 Å². The Hall–Kier alpha value is -1.97. The van der Waals surface area contributed by atoms with Gasteiger partial charge in [0.2, 0.25) is 21.8 Å². The van der Waals surface area contributed by atoms with Gasteiger partial charge in [-0.25, -0.2) is 8.42 Å². The molecule has 8 nitrogen and oxygen atoms in total. The SMILES string of the molecule is NC(=O)[C@H](CC1CCCCC1)NC(=O)[C@H]1CNCCN1S(=O)(=O)c1ccccc1. The Morgan fingerprint density at radius 1 is 1.17 bits per heavy atom. The summed E-state index contributed by atoms with van der Waals surface area (Å²) in [5.74, 6) is -0.711. The fourth-order valence-corrected chi connectivity index (χ4v) is 5.80. The van der Waals surface area contributed by atoms with Crippen LogP contribution < -0.4 is 16.4 Å². The molecule has 0 radical (unpaired) electrons. The van der Waals surface area contributed by atoms with Crippen molar-refractivity contribution in [3.05, 3.63) is 30.3 Å². The first kappa shape index (κ1) is 21.7. The van der Waals surface area contributed by atoms with Gasteiger partial charge in [0.25, 0.3) is 0 Å². The second kappa shape index (κ2) is 9.69. The zero-order valence-corrected chi connectivity index (χ0v) is 17.4. The maximum Gasteiger partial charge on any atom is 0.243 e. The Balaban J connectivity index is 1.73. The molecule has 0 unspecified atom stereocenters. The third kappa shape index (κ3) is 5.34. The molecule has 0 bridgehead atoms. The highest BCUT2D eigenvalue weighted by Crippen LogP contribution is 2.27. The highest BCUT2D eigenvalue weighted by atomic mass is 32.2. The van der Waals surface area contributed by atoms with Crippen LogP contribution in [0.15, 0.2) is 35.2 Å². The Morgan fingerprint density at radius 3 is 2.52 bits per heavy atom. The van der Waals surface area contributed by atoms with Crippen LogP contribution in [0.3, 0.4) is 0 Å². The van der Waals surface area contributed by atoms with Gasteiger partial charge in [0, 0.05) is 19.6 Å². The number of hydrogen-bond acceptors (Lipinski definition) is 5. The van der Waals surface area contributed by atoms with E-state index in [1.165, 1.54) is 22.9 Å². The molecule has 2 atom stereocenters. The van der Waals surface area contributed by atoms with Gasteiger partial charge >= 0.3 is 0 Å². The Labute approximate surface area is 172 Å². The van der Waals surface area contributed by atoms with Gasteiger partial charge in [-0.1, -0.05) is 50.3 Å². The Bertz CT molecular complexity index is 809. The van der Waals surface area contributed by atoms with Crippen molar-refractivity contribution in [3.8, 4) is 0 Å². The molecule has 1 aromatic carbocycles. The predicted octanol–water partition coefficient (Wildman–Crippen LogP) is 0.590. The second-order valence-electron chi connectivity index (χ2n) is 7.85. The maximum atomic E-state index is 13.1. The number of benzene rings is 1. The fourth-order valence-electron chi connectivity index (χ4n) is 4.20. The number of carbonyl (C=O) groups excluding carboxylic acids is 2. The number of primary amides is 1. The van der Waals surface area contributed by atoms with E-state index in [2.05, 4.69) is 10.6 Å². The molecular formula is C20H30N4O4S. The van der Waals surface area contributed by atoms with E-state index in [9.17, 15) is 18.0 Å². The molecule has 1 saturated heterocycles. The number of rotatable bonds is 7. The third-order valence-corrected chi connectivity index (χ3v) is 7.72. The number of nitrogens with zero attached hydrogens (tertiary/aromatic N) is 1. The summed E-state index contributed by atoms with van der Waals surface area (Å²) in [4.78, 5) is 25.1. The molecule has 4 N–H and O–H groups in total. The van der Waals surface area contributed by atoms with Gasteiger partial charge in [-0.3, -0.25) is 9.59 Å². The minimum Gasteiger partial charge on any atom is -0.368 e. The largest absolute Gasteiger partial charge is 0.368 e. The van der Waals surface area contributed by atoms with Gasteiger partial charge < -0.3 is 16.4 Å². The second-order valence-corrected chi connectivity index (χ2v) is 9.74. The molecule has 2 amide bonds. The van der Waals surface area contributed by atoms with Crippen LogP contribution >= 0.6 is 0 Å². The first-order chi connectivity index (χ1) is 13.9. The van der Waals surface area contributed by atoms with Gasteiger partial charge in [-0.15, -0.1) is 0 Å². The highest BCUT2D eigenvalue weighted by Gasteiger charge is 2.39. The maximum absolute atomic E-state index is 13.1. The third-order valence-electron chi connectivity index (χ3n) is 5.80. The molecular weight excluding hydrogens is 392 g/mol. The van der Waals surface area contributed by atoms with Gasteiger partial charge in [0.1, 0.15) is 12.1 Å². The summed E-state index contributed by atoms with van der Waals surface area (Å²) < 4.78 is 27.3. The van der Waals surface area contributed by atoms with E-state index in [0.29, 0.717) is 18.9 Å². The number of hydrogen-bond donors (Lipinski definition) is 3. The topological polar surface area (TPSA) is 122 Å². The van der Waals surface area contributed by atoms with E-state index in [1.807, 2.05) is 0 Å². The Morgan fingerprint density at radius 2 is 1.86 bits per heavy atom. The molecule has 9 heteroatoms. The summed E-state index contributed by atoms with van der Waals surface area (Å²) in [6, 6.07) is 6.36. The smallest absolute Gasteiger partial charge is 0.243 e. The van der Waals surface area contributed by atoms with Crippen LogP contribution in [0.1, 0.15) is 38.5 Å². The first-order valence-electron chi connectivity index (χ1n) is 10.3. The highest BCUT2D eigenvalue weighted by molar-refractivity contribution is 7.89. The van der Waals surface area contributed by atoms with Gasteiger partial charge in [0.05, 0.1) is 4.90 Å². The van der Waals surface area contributed by atoms with Crippen LogP contribution in [0.2, 0.25) is 0 Å². The molecule has 2 aliphatic rings. The van der Waals surface area contributed by atoms with Crippen LogP contribution in [0.4, 0.5) is 0 Å². The van der Waals surface area contributed by atoms with Crippen molar-refractivity contribution in [3.63, 3.8) is 0 Å². The average molecular weight is 423 g/mol. The van der Waals surface area contributed by atoms with Crippen LogP contribution in [0.25, 0.3) is 0 Å². The first-order valence-corrected chi connectivity index (χ1v) is 11.7. The zero-order valence-electron chi connectivity index (χ0n) is 16.5. The number of piperazine rings is 1. The van der Waals surface area contributed by atoms with E-state index in [0.717, 1.165) is 25.7 Å². The van der Waals surface area contributed by atoms with E-state index in [-0.39, 0.29) is 18.0 Å². The summed E-state index contributed by atoms with van der Waals surface area (Å²) in [7, 11) is -3.82. The summed E-state index contributed by atoms with van der Waals surface area (Å²) in [5, 5.41) is 5.80. The van der Waals surface area contributed by atoms with Gasteiger partial charge in [0.15, 0.2) is 0 Å². The molecule has 2 fully saturated rings. The standard InChI is InChI=1S/C20H30N4O4S/c21-19(25)17(13-15-7-3-1-4-8-15)23-20(26)18-14-22-11-12-24(18)29(27,28)16-9-5-2-6-10-16/h2,5-6,9-10,15,17-18,22H,1,3-4,7-8,11-14H2,(H2,21,25)(H,23,26)/t17-,18+/m0/s1. The van der Waals surface area contributed by atoms with Gasteiger partial charge in [-0.2, -0.15) is 4.31 Å². The summed E-state index contributed by atoms with van der Waals surface area (Å²) in [6.45, 7) is 0.823. The number of carbonyl (C=O) groups is 2. The number of amides is 2. The molecule has 1 aromatic rings. The van der Waals surface area contributed by atoms with Crippen LogP contribution in [0.5, 0.6) is 0 Å². The van der Waals surface area contributed by atoms with Gasteiger partial charge in [-0.05, 0) is 24.5 Å². The van der Waals surface area contributed by atoms with Crippen molar-refractivity contribution in [1.82, 2.24) is 14.9 Å². The van der Waals surface area contributed by atoms with Crippen LogP contribution in [-0.4, -0.2) is 56.3 Å². The molecule has 1 aliphatic carbocycles. The zero-order chi connectivity index (χ0) is 20.9. The van der Waals surface area contributed by atoms with Crippen LogP contribution in [-0.2, 0) is 19.6 Å². The van der Waals surface area contributed by atoms with E-state index in [4.69, 9.17) is 5.73 Å². The molecule has 3 rings (SSSR count). The van der Waals surface area contributed by atoms with Crippen molar-refractivity contribution in [2.75, 3.05) is 19.6 Å². The quantitative estimate of drug-likeness (QED) is 0.594. The lowest BCUT2D eigenvalue weighted by atomic mass is 9.84. The molecule has 29 heavy (non-hydrogen) atoms. The summed E-state index contributed by atoms with van der Waals surface area (Å²) >= 11 is 0. The van der Waals surface area contributed by atoms with E-state index < -0.39 is 33.9 Å². The molecule has 1 saturated carbocycles. The number of nitrogens with two attached hydrogens (primary N) is 1. The Kier molecular flexibility index (Phi) is 7.26. The number of sulfonamides is 1. The van der Waals surface area contributed by atoms with E-state index in [1.54, 1.807) is 18.2 Å². The predicted molar refractivity (Wildman–Crippen MR) is 109 cm³/mol. The van der Waals surface area contributed by atoms with Crippen molar-refractivity contribution < 1.29 is 18.0 Å².